The zero-order valence-corrected chi connectivity index (χ0v) is 13.2. The van der Waals surface area contributed by atoms with Gasteiger partial charge in [-0.1, -0.05) is 24.3 Å². The molecule has 0 aromatic heterocycles. The average molecular weight is 315 g/mol. The Hall–Kier alpha value is -0.736. The van der Waals surface area contributed by atoms with E-state index in [9.17, 15) is 9.59 Å². The zero-order valence-electron chi connectivity index (χ0n) is 10.3. The summed E-state index contributed by atoms with van der Waals surface area (Å²) in [5.41, 5.74) is 0. The summed E-state index contributed by atoms with van der Waals surface area (Å²) in [7, 11) is 0. The molecule has 4 nitrogen and oxygen atoms in total. The summed E-state index contributed by atoms with van der Waals surface area (Å²) in [6, 6.07) is 0. The van der Waals surface area contributed by atoms with Crippen LogP contribution in [-0.2, 0) is 51.8 Å². The van der Waals surface area contributed by atoms with E-state index in [-0.39, 0.29) is 32.7 Å². The molecule has 95 valence electrons. The fraction of sp³-hybridized carbons (Fsp3) is 0.333. The van der Waals surface area contributed by atoms with Crippen molar-refractivity contribution in [2.75, 3.05) is 13.2 Å². The molecule has 0 aliphatic carbocycles. The molecule has 0 aromatic rings. The smallest absolute Gasteiger partial charge is 0.164 e. The third kappa shape index (κ3) is 31.3. The number of allylic oxidation sites excluding steroid dienone is 2. The fourth-order valence-corrected chi connectivity index (χ4v) is 0.475. The molecule has 0 spiro atoms. The van der Waals surface area contributed by atoms with Gasteiger partial charge < -0.3 is 9.47 Å². The van der Waals surface area contributed by atoms with Crippen LogP contribution in [-0.4, -0.2) is 25.2 Å². The zero-order chi connectivity index (χ0) is 12.8. The molecule has 0 aliphatic rings. The van der Waals surface area contributed by atoms with Gasteiger partial charge in [0.05, 0.1) is 0 Å². The van der Waals surface area contributed by atoms with Crippen LogP contribution >= 0.6 is 0 Å². The number of esters is 2. The maximum Gasteiger partial charge on any atom is 0.164 e. The van der Waals surface area contributed by atoms with E-state index in [2.05, 4.69) is 23.3 Å². The number of rotatable bonds is 4. The summed E-state index contributed by atoms with van der Waals surface area (Å²) >= 11 is 0. The third-order valence-corrected chi connectivity index (χ3v) is 1.15. The summed E-state index contributed by atoms with van der Waals surface area (Å²) in [5, 5.41) is 0. The first-order valence-electron chi connectivity index (χ1n) is 4.74. The van der Waals surface area contributed by atoms with Gasteiger partial charge in [0.15, 0.2) is 11.9 Å². The topological polar surface area (TPSA) is 52.6 Å². The third-order valence-electron chi connectivity index (χ3n) is 1.15. The molecule has 0 aromatic carbocycles. The van der Waals surface area contributed by atoms with E-state index < -0.39 is 11.9 Å². The number of carbonyl (C=O) groups is 2. The molecule has 5 heteroatoms. The Morgan fingerprint density at radius 2 is 1.24 bits per heavy atom. The number of ether oxygens (including phenoxy) is 2. The van der Waals surface area contributed by atoms with E-state index in [1.807, 2.05) is 26.0 Å². The largest absolute Gasteiger partial charge is 0.484 e. The fourth-order valence-electron chi connectivity index (χ4n) is 0.475. The summed E-state index contributed by atoms with van der Waals surface area (Å²) < 4.78 is 8.89. The minimum atomic E-state index is -0.483. The van der Waals surface area contributed by atoms with Crippen LogP contribution in [0.2, 0.25) is 0 Å². The van der Waals surface area contributed by atoms with Crippen molar-refractivity contribution >= 4 is 11.9 Å². The quantitative estimate of drug-likeness (QED) is 0.451. The first-order valence-corrected chi connectivity index (χ1v) is 4.74. The van der Waals surface area contributed by atoms with Gasteiger partial charge in [-0.2, -0.15) is 0 Å². The van der Waals surface area contributed by atoms with Gasteiger partial charge in [-0.3, -0.25) is 23.4 Å². The van der Waals surface area contributed by atoms with E-state index in [1.165, 1.54) is 0 Å². The second-order valence-electron chi connectivity index (χ2n) is 2.50. The van der Waals surface area contributed by atoms with Crippen LogP contribution in [0.1, 0.15) is 13.8 Å². The molecular formula is C12H18O4Y-2. The maximum absolute atomic E-state index is 9.95. The van der Waals surface area contributed by atoms with Crippen LogP contribution in [0.4, 0.5) is 0 Å². The Morgan fingerprint density at radius 3 is 1.41 bits per heavy atom. The Balaban J connectivity index is -0.000000218. The van der Waals surface area contributed by atoms with Gasteiger partial charge in [0, 0.05) is 32.7 Å². The van der Waals surface area contributed by atoms with Gasteiger partial charge in [0.1, 0.15) is 13.2 Å². The van der Waals surface area contributed by atoms with Crippen LogP contribution in [0.5, 0.6) is 0 Å². The van der Waals surface area contributed by atoms with E-state index >= 15 is 0 Å². The number of carbonyl (C=O) groups excluding carboxylic acids is 2. The van der Waals surface area contributed by atoms with Gasteiger partial charge in [0.2, 0.25) is 0 Å². The number of hydrogen-bond donors (Lipinski definition) is 0. The van der Waals surface area contributed by atoms with Crippen molar-refractivity contribution in [2.24, 2.45) is 0 Å². The Morgan fingerprint density at radius 1 is 0.941 bits per heavy atom. The second-order valence-corrected chi connectivity index (χ2v) is 2.50. The van der Waals surface area contributed by atoms with Crippen LogP contribution < -0.4 is 0 Å². The van der Waals surface area contributed by atoms with E-state index in [4.69, 9.17) is 0 Å². The molecule has 0 saturated carbocycles. The molecule has 0 aliphatic heterocycles. The average Bonchev–Trinajstić information content (AvgIpc) is 2.18. The van der Waals surface area contributed by atoms with Crippen LogP contribution in [0.15, 0.2) is 24.3 Å². The normalized spacial score (nSPS) is 9.06. The monoisotopic (exact) mass is 315 g/mol. The van der Waals surface area contributed by atoms with Crippen molar-refractivity contribution < 1.29 is 51.8 Å². The predicted molar refractivity (Wildman–Crippen MR) is 62.3 cm³/mol. The minimum absolute atomic E-state index is 0. The molecular weight excluding hydrogens is 297 g/mol. The molecule has 0 atom stereocenters. The number of hydrogen-bond acceptors (Lipinski definition) is 4. The van der Waals surface area contributed by atoms with Crippen molar-refractivity contribution in [1.29, 1.82) is 0 Å². The van der Waals surface area contributed by atoms with Gasteiger partial charge in [-0.25, -0.2) is 0 Å². The second kappa shape index (κ2) is 17.7. The first kappa shape index (κ1) is 21.5. The van der Waals surface area contributed by atoms with Crippen LogP contribution in [0.25, 0.3) is 0 Å². The van der Waals surface area contributed by atoms with Gasteiger partial charge in [0.25, 0.3) is 0 Å². The van der Waals surface area contributed by atoms with E-state index in [0.717, 1.165) is 0 Å². The molecule has 0 N–H and O–H groups in total. The van der Waals surface area contributed by atoms with Crippen LogP contribution in [0, 0.1) is 13.8 Å². The molecule has 0 saturated heterocycles. The minimum Gasteiger partial charge on any atom is -0.484 e. The summed E-state index contributed by atoms with van der Waals surface area (Å²) in [4.78, 5) is 19.9. The molecule has 0 unspecified atom stereocenters. The van der Waals surface area contributed by atoms with Crippen molar-refractivity contribution in [1.82, 2.24) is 0 Å². The van der Waals surface area contributed by atoms with E-state index in [1.54, 1.807) is 12.2 Å². The maximum atomic E-state index is 9.95. The van der Waals surface area contributed by atoms with Crippen LogP contribution in [0.3, 0.4) is 0 Å². The molecule has 0 amide bonds. The Labute approximate surface area is 128 Å². The molecule has 0 fully saturated rings. The standard InChI is InChI=1S/2C6H9O2.Y/c2*1-3-4-5-8-6(2)7;/h2*3-4H,2,5H2,1H3;/q2*-1;/b2*4-3-;. The Kier molecular flexibility index (Phi) is 22.4. The molecule has 0 rings (SSSR count). The first-order chi connectivity index (χ1) is 7.54. The summed E-state index contributed by atoms with van der Waals surface area (Å²) in [5.74, 6) is -0.966. The van der Waals surface area contributed by atoms with Gasteiger partial charge in [-0.15, -0.1) is 0 Å². The van der Waals surface area contributed by atoms with Crippen molar-refractivity contribution in [3.63, 3.8) is 0 Å². The SMILES string of the molecule is [CH2-]C(=O)OC/C=C\C.[CH2-]C(=O)OC/C=C\C.[Y]. The van der Waals surface area contributed by atoms with Crippen molar-refractivity contribution in [3.8, 4) is 0 Å². The molecule has 17 heavy (non-hydrogen) atoms. The Bertz CT molecular complexity index is 221. The van der Waals surface area contributed by atoms with Gasteiger partial charge in [-0.05, 0) is 13.8 Å². The summed E-state index contributed by atoms with van der Waals surface area (Å²) in [6.07, 6.45) is 7.10. The molecule has 1 radical (unpaired) electrons. The van der Waals surface area contributed by atoms with E-state index in [0.29, 0.717) is 13.2 Å². The molecule has 0 bridgehead atoms. The van der Waals surface area contributed by atoms with Gasteiger partial charge >= 0.3 is 0 Å². The summed E-state index contributed by atoms with van der Waals surface area (Å²) in [6.45, 7) is 10.4. The predicted octanol–water partition coefficient (Wildman–Crippen LogP) is 1.88. The molecule has 0 heterocycles. The van der Waals surface area contributed by atoms with Crippen molar-refractivity contribution in [3.05, 3.63) is 38.2 Å². The van der Waals surface area contributed by atoms with Crippen molar-refractivity contribution in [2.45, 2.75) is 13.8 Å².